The molecule has 2 rings (SSSR count). The number of hydrogen-bond donors (Lipinski definition) is 2. The lowest BCUT2D eigenvalue weighted by molar-refractivity contribution is 0.0984. The average molecular weight is 288 g/mol. The maximum absolute atomic E-state index is 14.2. The molecule has 0 saturated carbocycles. The summed E-state index contributed by atoms with van der Waals surface area (Å²) in [4.78, 5) is 17.9. The summed E-state index contributed by atoms with van der Waals surface area (Å²) in [5, 5.41) is 0. The van der Waals surface area contributed by atoms with Crippen molar-refractivity contribution < 1.29 is 9.18 Å². The van der Waals surface area contributed by atoms with Gasteiger partial charge in [0.15, 0.2) is 11.6 Å². The predicted octanol–water partition coefficient (Wildman–Crippen LogP) is 2.48. The zero-order valence-electron chi connectivity index (χ0n) is 11.9. The Morgan fingerprint density at radius 3 is 2.71 bits per heavy atom. The van der Waals surface area contributed by atoms with Crippen LogP contribution in [0.15, 0.2) is 36.5 Å². The van der Waals surface area contributed by atoms with E-state index >= 15 is 0 Å². The molecule has 6 heteroatoms. The molecule has 0 saturated heterocycles. The fraction of sp³-hybridized carbons (Fsp3) is 0.200. The number of benzene rings is 1. The standard InChI is InChI=1S/C15H17FN4O/c1-3-20(12-7-5-4-6-10(12)2)15(21)11-8-9-18-14(19-17)13(11)16/h4-9H,3,17H2,1-2H3,(H,18,19). The molecule has 5 nitrogen and oxygen atoms in total. The van der Waals surface area contributed by atoms with Crippen molar-refractivity contribution in [3.05, 3.63) is 53.5 Å². The fourth-order valence-corrected chi connectivity index (χ4v) is 2.14. The molecule has 1 aromatic carbocycles. The van der Waals surface area contributed by atoms with Crippen LogP contribution < -0.4 is 16.2 Å². The highest BCUT2D eigenvalue weighted by Gasteiger charge is 2.22. The number of rotatable bonds is 4. The Bertz CT molecular complexity index is 660. The van der Waals surface area contributed by atoms with Gasteiger partial charge >= 0.3 is 0 Å². The summed E-state index contributed by atoms with van der Waals surface area (Å²) in [7, 11) is 0. The fourth-order valence-electron chi connectivity index (χ4n) is 2.14. The Hall–Kier alpha value is -2.47. The van der Waals surface area contributed by atoms with Gasteiger partial charge in [-0.05, 0) is 31.5 Å². The summed E-state index contributed by atoms with van der Waals surface area (Å²) in [5.74, 6) is 3.85. The van der Waals surface area contributed by atoms with Crippen molar-refractivity contribution in [2.45, 2.75) is 13.8 Å². The van der Waals surface area contributed by atoms with Crippen LogP contribution in [0.5, 0.6) is 0 Å². The molecular formula is C15H17FN4O. The van der Waals surface area contributed by atoms with Gasteiger partial charge in [0.2, 0.25) is 0 Å². The molecule has 21 heavy (non-hydrogen) atoms. The van der Waals surface area contributed by atoms with Crippen LogP contribution in [0.25, 0.3) is 0 Å². The average Bonchev–Trinajstić information content (AvgIpc) is 2.50. The van der Waals surface area contributed by atoms with Crippen molar-refractivity contribution in [2.75, 3.05) is 16.9 Å². The summed E-state index contributed by atoms with van der Waals surface area (Å²) >= 11 is 0. The van der Waals surface area contributed by atoms with E-state index in [0.29, 0.717) is 6.54 Å². The second-order valence-electron chi connectivity index (χ2n) is 4.50. The van der Waals surface area contributed by atoms with Crippen LogP contribution in [0.4, 0.5) is 15.9 Å². The van der Waals surface area contributed by atoms with Crippen molar-refractivity contribution in [3.63, 3.8) is 0 Å². The van der Waals surface area contributed by atoms with E-state index in [9.17, 15) is 9.18 Å². The first-order chi connectivity index (χ1) is 10.1. The number of para-hydroxylation sites is 1. The molecule has 0 atom stereocenters. The Morgan fingerprint density at radius 1 is 1.38 bits per heavy atom. The first-order valence-corrected chi connectivity index (χ1v) is 6.58. The molecule has 0 aliphatic carbocycles. The normalized spacial score (nSPS) is 10.3. The van der Waals surface area contributed by atoms with Crippen LogP contribution in [0.3, 0.4) is 0 Å². The number of halogens is 1. The van der Waals surface area contributed by atoms with Gasteiger partial charge in [-0.15, -0.1) is 0 Å². The molecule has 0 unspecified atom stereocenters. The first-order valence-electron chi connectivity index (χ1n) is 6.58. The van der Waals surface area contributed by atoms with Crippen LogP contribution in [-0.4, -0.2) is 17.4 Å². The van der Waals surface area contributed by atoms with Crippen molar-refractivity contribution >= 4 is 17.4 Å². The summed E-state index contributed by atoms with van der Waals surface area (Å²) in [5.41, 5.74) is 3.77. The van der Waals surface area contributed by atoms with Crippen LogP contribution in [0, 0.1) is 12.7 Å². The van der Waals surface area contributed by atoms with Crippen LogP contribution in [0.1, 0.15) is 22.8 Å². The number of aryl methyl sites for hydroxylation is 1. The number of nitrogens with two attached hydrogens (primary N) is 1. The van der Waals surface area contributed by atoms with E-state index in [1.54, 1.807) is 0 Å². The quantitative estimate of drug-likeness (QED) is 0.670. The Morgan fingerprint density at radius 2 is 2.10 bits per heavy atom. The number of nitrogens with one attached hydrogen (secondary N) is 1. The Balaban J connectivity index is 2.45. The lowest BCUT2D eigenvalue weighted by Gasteiger charge is -2.23. The second-order valence-corrected chi connectivity index (χ2v) is 4.50. The van der Waals surface area contributed by atoms with Crippen molar-refractivity contribution in [1.29, 1.82) is 0 Å². The zero-order chi connectivity index (χ0) is 15.4. The molecule has 0 fully saturated rings. The van der Waals surface area contributed by atoms with E-state index < -0.39 is 11.7 Å². The molecule has 0 radical (unpaired) electrons. The number of pyridine rings is 1. The number of hydrazine groups is 1. The topological polar surface area (TPSA) is 71.2 Å². The number of amides is 1. The van der Waals surface area contributed by atoms with Gasteiger partial charge in [-0.1, -0.05) is 18.2 Å². The molecule has 1 aromatic heterocycles. The summed E-state index contributed by atoms with van der Waals surface area (Å²) in [6.45, 7) is 4.17. The predicted molar refractivity (Wildman–Crippen MR) is 80.5 cm³/mol. The van der Waals surface area contributed by atoms with Crippen molar-refractivity contribution in [1.82, 2.24) is 4.98 Å². The monoisotopic (exact) mass is 288 g/mol. The van der Waals surface area contributed by atoms with Gasteiger partial charge in [0.25, 0.3) is 5.91 Å². The molecule has 1 heterocycles. The highest BCUT2D eigenvalue weighted by atomic mass is 19.1. The van der Waals surface area contributed by atoms with Crippen molar-refractivity contribution in [3.8, 4) is 0 Å². The lowest BCUT2D eigenvalue weighted by Crippen LogP contribution is -2.32. The number of carbonyl (C=O) groups excluding carboxylic acids is 1. The smallest absolute Gasteiger partial charge is 0.261 e. The summed E-state index contributed by atoms with van der Waals surface area (Å²) in [6.07, 6.45) is 1.34. The number of anilines is 2. The number of nitrogen functional groups attached to an aromatic ring is 1. The van der Waals surface area contributed by atoms with Crippen LogP contribution >= 0.6 is 0 Å². The van der Waals surface area contributed by atoms with Gasteiger partial charge in [-0.3, -0.25) is 4.79 Å². The van der Waals surface area contributed by atoms with Gasteiger partial charge in [-0.2, -0.15) is 0 Å². The molecule has 2 aromatic rings. The highest BCUT2D eigenvalue weighted by Crippen LogP contribution is 2.23. The third-order valence-electron chi connectivity index (χ3n) is 3.22. The Labute approximate surface area is 122 Å². The summed E-state index contributed by atoms with van der Waals surface area (Å²) < 4.78 is 14.2. The molecule has 0 bridgehead atoms. The number of carbonyl (C=O) groups is 1. The van der Waals surface area contributed by atoms with Gasteiger partial charge in [0.05, 0.1) is 5.56 Å². The third-order valence-corrected chi connectivity index (χ3v) is 3.22. The van der Waals surface area contributed by atoms with E-state index in [2.05, 4.69) is 10.4 Å². The van der Waals surface area contributed by atoms with Gasteiger partial charge < -0.3 is 10.3 Å². The molecule has 0 spiro atoms. The van der Waals surface area contributed by atoms with E-state index in [1.165, 1.54) is 17.2 Å². The largest absolute Gasteiger partial charge is 0.308 e. The van der Waals surface area contributed by atoms with E-state index in [0.717, 1.165) is 11.3 Å². The number of nitrogens with zero attached hydrogens (tertiary/aromatic N) is 2. The third kappa shape index (κ3) is 2.85. The van der Waals surface area contributed by atoms with E-state index in [-0.39, 0.29) is 11.4 Å². The SMILES string of the molecule is CCN(C(=O)c1ccnc(NN)c1F)c1ccccc1C. The second kappa shape index (κ2) is 6.32. The molecule has 0 aliphatic heterocycles. The minimum atomic E-state index is -0.753. The van der Waals surface area contributed by atoms with Crippen molar-refractivity contribution in [2.24, 2.45) is 5.84 Å². The van der Waals surface area contributed by atoms with Gasteiger partial charge in [0, 0.05) is 18.4 Å². The lowest BCUT2D eigenvalue weighted by atomic mass is 10.1. The highest BCUT2D eigenvalue weighted by molar-refractivity contribution is 6.07. The number of hydrogen-bond acceptors (Lipinski definition) is 4. The Kier molecular flexibility index (Phi) is 4.49. The van der Waals surface area contributed by atoms with E-state index in [4.69, 9.17) is 5.84 Å². The first kappa shape index (κ1) is 14.9. The van der Waals surface area contributed by atoms with Gasteiger partial charge in [-0.25, -0.2) is 15.2 Å². The number of aromatic nitrogens is 1. The maximum atomic E-state index is 14.2. The molecule has 110 valence electrons. The zero-order valence-corrected chi connectivity index (χ0v) is 11.9. The molecule has 0 aliphatic rings. The minimum absolute atomic E-state index is 0.0666. The van der Waals surface area contributed by atoms with Crippen LogP contribution in [-0.2, 0) is 0 Å². The molecule has 1 amide bonds. The maximum Gasteiger partial charge on any atom is 0.261 e. The minimum Gasteiger partial charge on any atom is -0.308 e. The molecular weight excluding hydrogens is 271 g/mol. The van der Waals surface area contributed by atoms with E-state index in [1.807, 2.05) is 38.1 Å². The van der Waals surface area contributed by atoms with Crippen LogP contribution in [0.2, 0.25) is 0 Å². The molecule has 3 N–H and O–H groups in total. The summed E-state index contributed by atoms with van der Waals surface area (Å²) in [6, 6.07) is 8.81. The van der Waals surface area contributed by atoms with Gasteiger partial charge in [0.1, 0.15) is 0 Å².